The molecule has 0 atom stereocenters. The van der Waals surface area contributed by atoms with Crippen LogP contribution in [0.3, 0.4) is 0 Å². The molecule has 0 rings (SSSR count). The third-order valence-electron chi connectivity index (χ3n) is 1.79. The minimum atomic E-state index is -0.776. The summed E-state index contributed by atoms with van der Waals surface area (Å²) >= 11 is 9.97. The first kappa shape index (κ1) is 18.1. The number of hydrogen-bond acceptors (Lipinski definition) is 4. The summed E-state index contributed by atoms with van der Waals surface area (Å²) in [4.78, 5) is 22.7. The van der Waals surface area contributed by atoms with Crippen molar-refractivity contribution in [2.45, 2.75) is 20.8 Å². The molecule has 0 saturated heterocycles. The Labute approximate surface area is 107 Å². The summed E-state index contributed by atoms with van der Waals surface area (Å²) in [5.74, 6) is -2.21. The largest absolute Gasteiger partial charge is 0.391 e. The van der Waals surface area contributed by atoms with Gasteiger partial charge in [-0.1, -0.05) is 20.8 Å². The first-order valence-electron chi connectivity index (χ1n) is 5.13. The number of carbonyl (C=O) groups excluding carboxylic acids is 2. The maximum Gasteiger partial charge on any atom is 0.328 e. The van der Waals surface area contributed by atoms with Gasteiger partial charge in [0, 0.05) is 0 Å². The fourth-order valence-electron chi connectivity index (χ4n) is 0.852. The minimum absolute atomic E-state index is 0.331. The lowest BCUT2D eigenvalue weighted by atomic mass is 10.5. The maximum absolute atomic E-state index is 10.1. The highest BCUT2D eigenvalue weighted by Gasteiger charge is 2.05. The van der Waals surface area contributed by atoms with Gasteiger partial charge in [0.1, 0.15) is 11.8 Å². The average molecular weight is 272 g/mol. The van der Waals surface area contributed by atoms with Gasteiger partial charge in [0.2, 0.25) is 0 Å². The van der Waals surface area contributed by atoms with Gasteiger partial charge in [-0.3, -0.25) is 9.59 Å². The van der Waals surface area contributed by atoms with E-state index in [1.807, 2.05) is 0 Å². The van der Waals surface area contributed by atoms with Crippen LogP contribution in [0.25, 0.3) is 0 Å². The van der Waals surface area contributed by atoms with Crippen LogP contribution in [0.5, 0.6) is 0 Å². The van der Waals surface area contributed by atoms with Crippen LogP contribution in [0.4, 0.5) is 0 Å². The van der Waals surface area contributed by atoms with Gasteiger partial charge in [-0.15, -0.1) is 23.2 Å². The van der Waals surface area contributed by atoms with E-state index in [4.69, 9.17) is 23.2 Å². The molecule has 4 nitrogen and oxygen atoms in total. The molecule has 16 heavy (non-hydrogen) atoms. The fourth-order valence-corrected chi connectivity index (χ4v) is 0.961. The normalized spacial score (nSPS) is 9.38. The van der Waals surface area contributed by atoms with Gasteiger partial charge in [-0.25, -0.2) is 0 Å². The summed E-state index contributed by atoms with van der Waals surface area (Å²) in [6, 6.07) is 0. The first-order chi connectivity index (χ1) is 7.55. The smallest absolute Gasteiger partial charge is 0.328 e. The molecule has 0 amide bonds. The van der Waals surface area contributed by atoms with E-state index in [1.54, 1.807) is 0 Å². The Kier molecular flexibility index (Phi) is 14.4. The number of ether oxygens (including phenoxy) is 1. The van der Waals surface area contributed by atoms with Crippen molar-refractivity contribution in [1.82, 2.24) is 4.90 Å². The van der Waals surface area contributed by atoms with Crippen molar-refractivity contribution >= 4 is 35.1 Å². The van der Waals surface area contributed by atoms with E-state index < -0.39 is 11.9 Å². The van der Waals surface area contributed by atoms with Gasteiger partial charge in [0.15, 0.2) is 0 Å². The van der Waals surface area contributed by atoms with E-state index in [1.165, 1.54) is 19.6 Å². The number of nitrogens with zero attached hydrogens (tertiary/aromatic N) is 1. The SMILES string of the molecule is CCN(CC)CC.O=C(CCl)OC(=O)CCl. The van der Waals surface area contributed by atoms with E-state index in [0.717, 1.165) is 0 Å². The average Bonchev–Trinajstić information content (AvgIpc) is 2.31. The molecular formula is C10H19Cl2NO3. The number of rotatable bonds is 5. The lowest BCUT2D eigenvalue weighted by Gasteiger charge is -2.13. The Morgan fingerprint density at radius 3 is 1.38 bits per heavy atom. The summed E-state index contributed by atoms with van der Waals surface area (Å²) in [6.07, 6.45) is 0. The molecule has 0 bridgehead atoms. The zero-order valence-corrected chi connectivity index (χ0v) is 11.5. The number of esters is 2. The molecule has 0 aromatic rings. The van der Waals surface area contributed by atoms with Gasteiger partial charge in [-0.05, 0) is 19.6 Å². The second kappa shape index (κ2) is 12.7. The lowest BCUT2D eigenvalue weighted by molar-refractivity contribution is -0.155. The molecule has 96 valence electrons. The van der Waals surface area contributed by atoms with Crippen LogP contribution in [0, 0.1) is 0 Å². The van der Waals surface area contributed by atoms with Gasteiger partial charge in [-0.2, -0.15) is 0 Å². The molecule has 0 aliphatic heterocycles. The van der Waals surface area contributed by atoms with Gasteiger partial charge >= 0.3 is 11.9 Å². The molecular weight excluding hydrogens is 253 g/mol. The van der Waals surface area contributed by atoms with Crippen LogP contribution in [-0.2, 0) is 14.3 Å². The lowest BCUT2D eigenvalue weighted by Crippen LogP contribution is -2.21. The monoisotopic (exact) mass is 271 g/mol. The van der Waals surface area contributed by atoms with Gasteiger partial charge in [0.05, 0.1) is 0 Å². The molecule has 0 radical (unpaired) electrons. The van der Waals surface area contributed by atoms with E-state index >= 15 is 0 Å². The molecule has 6 heteroatoms. The van der Waals surface area contributed by atoms with Crippen LogP contribution in [-0.4, -0.2) is 48.2 Å². The molecule has 0 aliphatic rings. The summed E-state index contributed by atoms with van der Waals surface area (Å²) in [5.41, 5.74) is 0. The van der Waals surface area contributed by atoms with Crippen molar-refractivity contribution < 1.29 is 14.3 Å². The summed E-state index contributed by atoms with van der Waals surface area (Å²) in [6.45, 7) is 10.1. The maximum atomic E-state index is 10.1. The topological polar surface area (TPSA) is 46.6 Å². The van der Waals surface area contributed by atoms with Crippen molar-refractivity contribution in [1.29, 1.82) is 0 Å². The van der Waals surface area contributed by atoms with Crippen molar-refractivity contribution in [2.24, 2.45) is 0 Å². The van der Waals surface area contributed by atoms with E-state index in [9.17, 15) is 9.59 Å². The highest BCUT2D eigenvalue weighted by Crippen LogP contribution is 1.86. The third kappa shape index (κ3) is 11.8. The Hall–Kier alpha value is -0.320. The molecule has 0 heterocycles. The number of alkyl halides is 2. The number of carbonyl (C=O) groups is 2. The van der Waals surface area contributed by atoms with Crippen LogP contribution >= 0.6 is 23.2 Å². The van der Waals surface area contributed by atoms with Crippen molar-refractivity contribution in [3.63, 3.8) is 0 Å². The second-order valence-electron chi connectivity index (χ2n) is 2.73. The fraction of sp³-hybridized carbons (Fsp3) is 0.800. The summed E-state index contributed by atoms with van der Waals surface area (Å²) in [7, 11) is 0. The Bertz CT molecular complexity index is 177. The van der Waals surface area contributed by atoms with Crippen molar-refractivity contribution in [3.8, 4) is 0 Å². The Morgan fingerprint density at radius 1 is 0.938 bits per heavy atom. The predicted octanol–water partition coefficient (Wildman–Crippen LogP) is 1.88. The molecule has 0 spiro atoms. The van der Waals surface area contributed by atoms with Crippen molar-refractivity contribution in [3.05, 3.63) is 0 Å². The molecule has 0 fully saturated rings. The van der Waals surface area contributed by atoms with Crippen LogP contribution < -0.4 is 0 Å². The quantitative estimate of drug-likeness (QED) is 0.435. The second-order valence-corrected chi connectivity index (χ2v) is 3.27. The van der Waals surface area contributed by atoms with E-state index in [0.29, 0.717) is 0 Å². The Morgan fingerprint density at radius 2 is 1.25 bits per heavy atom. The third-order valence-corrected chi connectivity index (χ3v) is 2.22. The number of halogens is 2. The molecule has 0 unspecified atom stereocenters. The highest BCUT2D eigenvalue weighted by atomic mass is 35.5. The summed E-state index contributed by atoms with van der Waals surface area (Å²) < 4.78 is 4.01. The standard InChI is InChI=1S/C6H15N.C4H4Cl2O3/c1-4-7(5-2)6-3;5-1-3(7)9-4(8)2-6/h4-6H2,1-3H3;1-2H2. The van der Waals surface area contributed by atoms with Crippen molar-refractivity contribution in [2.75, 3.05) is 31.4 Å². The van der Waals surface area contributed by atoms with Crippen LogP contribution in [0.15, 0.2) is 0 Å². The van der Waals surface area contributed by atoms with Crippen LogP contribution in [0.2, 0.25) is 0 Å². The molecule has 0 aromatic heterocycles. The molecule has 0 N–H and O–H groups in total. The summed E-state index contributed by atoms with van der Waals surface area (Å²) in [5, 5.41) is 0. The van der Waals surface area contributed by atoms with Crippen LogP contribution in [0.1, 0.15) is 20.8 Å². The molecule has 0 aromatic carbocycles. The highest BCUT2D eigenvalue weighted by molar-refractivity contribution is 6.29. The predicted molar refractivity (Wildman–Crippen MR) is 66.0 cm³/mol. The Balaban J connectivity index is 0. The zero-order valence-electron chi connectivity index (χ0n) is 9.96. The van der Waals surface area contributed by atoms with Gasteiger partial charge < -0.3 is 9.64 Å². The number of hydrogen-bond donors (Lipinski definition) is 0. The molecule has 0 saturated carbocycles. The molecule has 0 aliphatic carbocycles. The van der Waals surface area contributed by atoms with E-state index in [-0.39, 0.29) is 11.8 Å². The zero-order chi connectivity index (χ0) is 13.0. The first-order valence-corrected chi connectivity index (χ1v) is 6.20. The van der Waals surface area contributed by atoms with E-state index in [2.05, 4.69) is 30.4 Å². The minimum Gasteiger partial charge on any atom is -0.391 e. The van der Waals surface area contributed by atoms with Gasteiger partial charge in [0.25, 0.3) is 0 Å².